The van der Waals surface area contributed by atoms with E-state index in [0.29, 0.717) is 17.7 Å². The summed E-state index contributed by atoms with van der Waals surface area (Å²) in [6.07, 6.45) is 0.428. The summed E-state index contributed by atoms with van der Waals surface area (Å²) in [6, 6.07) is 7.78. The fraction of sp³-hybridized carbons (Fsp3) is 0.238. The van der Waals surface area contributed by atoms with Gasteiger partial charge in [-0.3, -0.25) is 0 Å². The lowest BCUT2D eigenvalue weighted by Crippen LogP contribution is -2.44. The molecule has 2 amide bonds. The van der Waals surface area contributed by atoms with Crippen LogP contribution in [-0.4, -0.2) is 22.1 Å². The fourth-order valence-corrected chi connectivity index (χ4v) is 3.50. The van der Waals surface area contributed by atoms with Gasteiger partial charge in [-0.2, -0.15) is 0 Å². The average Bonchev–Trinajstić information content (AvgIpc) is 3.08. The lowest BCUT2D eigenvalue weighted by Gasteiger charge is -2.32. The summed E-state index contributed by atoms with van der Waals surface area (Å²) in [5, 5.41) is 6.64. The number of fused-ring (bicyclic) bond motifs is 1. The van der Waals surface area contributed by atoms with Crippen molar-refractivity contribution in [3.8, 4) is 11.3 Å². The van der Waals surface area contributed by atoms with Crippen LogP contribution in [-0.2, 0) is 13.0 Å². The van der Waals surface area contributed by atoms with E-state index in [2.05, 4.69) is 10.5 Å². The first-order valence-electron chi connectivity index (χ1n) is 9.10. The van der Waals surface area contributed by atoms with Gasteiger partial charge in [0.05, 0.1) is 17.8 Å². The van der Waals surface area contributed by atoms with Gasteiger partial charge >= 0.3 is 6.03 Å². The third-order valence-corrected chi connectivity index (χ3v) is 5.06. The Morgan fingerprint density at radius 2 is 1.97 bits per heavy atom. The van der Waals surface area contributed by atoms with E-state index in [1.54, 1.807) is 18.2 Å². The van der Waals surface area contributed by atoms with Gasteiger partial charge in [-0.1, -0.05) is 17.3 Å². The molecule has 2 aromatic carbocycles. The largest absolute Gasteiger partial charge is 0.356 e. The maximum absolute atomic E-state index is 14.2. The number of nitrogens with zero attached hydrogens (tertiary/aromatic N) is 2. The Morgan fingerprint density at radius 1 is 1.21 bits per heavy atom. The van der Waals surface area contributed by atoms with Gasteiger partial charge in [-0.25, -0.2) is 18.0 Å². The molecule has 0 spiro atoms. The van der Waals surface area contributed by atoms with Crippen molar-refractivity contribution in [1.29, 1.82) is 0 Å². The summed E-state index contributed by atoms with van der Waals surface area (Å²) in [6.45, 7) is 3.41. The molecule has 1 aliphatic rings. The van der Waals surface area contributed by atoms with Gasteiger partial charge in [0, 0.05) is 29.8 Å². The van der Waals surface area contributed by atoms with Crippen molar-refractivity contribution >= 4 is 11.7 Å². The summed E-state index contributed by atoms with van der Waals surface area (Å²) < 4.78 is 46.7. The molecule has 1 atom stereocenters. The summed E-state index contributed by atoms with van der Waals surface area (Å²) in [5.41, 5.74) is 1.82. The van der Waals surface area contributed by atoms with E-state index in [1.165, 1.54) is 24.0 Å². The van der Waals surface area contributed by atoms with Gasteiger partial charge in [0.25, 0.3) is 0 Å². The van der Waals surface area contributed by atoms with E-state index >= 15 is 0 Å². The van der Waals surface area contributed by atoms with Crippen LogP contribution in [0.25, 0.3) is 11.3 Å². The van der Waals surface area contributed by atoms with Crippen LogP contribution < -0.4 is 5.32 Å². The van der Waals surface area contributed by atoms with Crippen LogP contribution in [0.15, 0.2) is 40.9 Å². The Labute approximate surface area is 165 Å². The van der Waals surface area contributed by atoms with E-state index in [0.717, 1.165) is 6.07 Å². The third kappa shape index (κ3) is 3.46. The summed E-state index contributed by atoms with van der Waals surface area (Å²) >= 11 is 0. The predicted octanol–water partition coefficient (Wildman–Crippen LogP) is 5.05. The summed E-state index contributed by atoms with van der Waals surface area (Å²) in [4.78, 5) is 14.3. The molecule has 0 bridgehead atoms. The second kappa shape index (κ2) is 7.27. The Kier molecular flexibility index (Phi) is 4.77. The second-order valence-electron chi connectivity index (χ2n) is 7.12. The number of anilines is 1. The molecule has 1 aromatic heterocycles. The molecule has 0 saturated carbocycles. The summed E-state index contributed by atoms with van der Waals surface area (Å²) in [5.74, 6) is -2.14. The van der Waals surface area contributed by atoms with Gasteiger partial charge in [0.1, 0.15) is 5.82 Å². The maximum Gasteiger partial charge on any atom is 0.322 e. The van der Waals surface area contributed by atoms with Crippen LogP contribution in [0.2, 0.25) is 0 Å². The average molecular weight is 401 g/mol. The molecule has 2 heterocycles. The first-order chi connectivity index (χ1) is 13.8. The highest BCUT2D eigenvalue weighted by Crippen LogP contribution is 2.34. The number of nitrogens with one attached hydrogen (secondary N) is 1. The number of carbonyl (C=O) groups is 1. The Hall–Kier alpha value is -3.29. The Morgan fingerprint density at radius 3 is 2.69 bits per heavy atom. The quantitative estimate of drug-likeness (QED) is 0.654. The zero-order valence-corrected chi connectivity index (χ0v) is 15.8. The van der Waals surface area contributed by atoms with E-state index in [-0.39, 0.29) is 35.2 Å². The highest BCUT2D eigenvalue weighted by molar-refractivity contribution is 5.90. The lowest BCUT2D eigenvalue weighted by atomic mass is 9.97. The second-order valence-corrected chi connectivity index (χ2v) is 7.12. The molecule has 0 fully saturated rings. The SMILES string of the molecule is Cc1cc(NC(=O)N2Cc3c(noc3-c3ccccc3F)CC2C)cc(F)c1F. The normalized spacial score (nSPS) is 15.9. The minimum absolute atomic E-state index is 0.0927. The van der Waals surface area contributed by atoms with Gasteiger partial charge in [0.2, 0.25) is 0 Å². The van der Waals surface area contributed by atoms with Crippen LogP contribution >= 0.6 is 0 Å². The van der Waals surface area contributed by atoms with Crippen molar-refractivity contribution in [2.75, 3.05) is 5.32 Å². The van der Waals surface area contributed by atoms with Gasteiger partial charge in [-0.05, 0) is 37.6 Å². The maximum atomic E-state index is 14.2. The van der Waals surface area contributed by atoms with E-state index in [9.17, 15) is 18.0 Å². The minimum atomic E-state index is -1.03. The summed E-state index contributed by atoms with van der Waals surface area (Å²) in [7, 11) is 0. The first kappa shape index (κ1) is 19.0. The minimum Gasteiger partial charge on any atom is -0.356 e. The van der Waals surface area contributed by atoms with Crippen LogP contribution in [0.1, 0.15) is 23.7 Å². The van der Waals surface area contributed by atoms with Crippen LogP contribution in [0.4, 0.5) is 23.7 Å². The van der Waals surface area contributed by atoms with Crippen molar-refractivity contribution in [2.45, 2.75) is 32.9 Å². The van der Waals surface area contributed by atoms with Gasteiger partial charge in [-0.15, -0.1) is 0 Å². The number of aromatic nitrogens is 1. The highest BCUT2D eigenvalue weighted by Gasteiger charge is 2.33. The van der Waals surface area contributed by atoms with E-state index in [1.807, 2.05) is 6.92 Å². The molecule has 1 aliphatic heterocycles. The number of amides is 2. The topological polar surface area (TPSA) is 58.4 Å². The van der Waals surface area contributed by atoms with Crippen LogP contribution in [0.3, 0.4) is 0 Å². The number of hydrogen-bond donors (Lipinski definition) is 1. The molecular formula is C21H18F3N3O2. The van der Waals surface area contributed by atoms with Gasteiger partial charge in [0.15, 0.2) is 17.4 Å². The van der Waals surface area contributed by atoms with Gasteiger partial charge < -0.3 is 14.7 Å². The number of aryl methyl sites for hydroxylation is 1. The molecule has 3 aromatic rings. The molecule has 0 radical (unpaired) electrons. The van der Waals surface area contributed by atoms with Crippen molar-refractivity contribution in [2.24, 2.45) is 0 Å². The van der Waals surface area contributed by atoms with E-state index < -0.39 is 23.5 Å². The molecule has 0 aliphatic carbocycles. The number of halogens is 3. The Balaban J connectivity index is 1.61. The standard InChI is InChI=1S/C21H18F3N3O2/c1-11-7-13(9-17(23)19(11)24)25-21(28)27-10-15-18(8-12(27)2)26-29-20(15)14-5-3-4-6-16(14)22/h3-7,9,12H,8,10H2,1-2H3,(H,25,28). The molecular weight excluding hydrogens is 383 g/mol. The molecule has 150 valence electrons. The highest BCUT2D eigenvalue weighted by atomic mass is 19.2. The number of rotatable bonds is 2. The fourth-order valence-electron chi connectivity index (χ4n) is 3.50. The Bertz CT molecular complexity index is 1070. The third-order valence-electron chi connectivity index (χ3n) is 5.06. The smallest absolute Gasteiger partial charge is 0.322 e. The number of benzene rings is 2. The first-order valence-corrected chi connectivity index (χ1v) is 9.10. The zero-order valence-electron chi connectivity index (χ0n) is 15.8. The van der Waals surface area contributed by atoms with E-state index in [4.69, 9.17) is 4.52 Å². The zero-order chi connectivity index (χ0) is 20.7. The van der Waals surface area contributed by atoms with Crippen molar-refractivity contribution in [1.82, 2.24) is 10.1 Å². The van der Waals surface area contributed by atoms with Crippen molar-refractivity contribution in [3.05, 3.63) is 70.7 Å². The molecule has 8 heteroatoms. The van der Waals surface area contributed by atoms with Crippen LogP contribution in [0.5, 0.6) is 0 Å². The molecule has 29 heavy (non-hydrogen) atoms. The number of hydrogen-bond acceptors (Lipinski definition) is 3. The molecule has 1 unspecified atom stereocenters. The van der Waals surface area contributed by atoms with Crippen LogP contribution in [0, 0.1) is 24.4 Å². The number of urea groups is 1. The number of carbonyl (C=O) groups excluding carboxylic acids is 1. The molecule has 1 N–H and O–H groups in total. The molecule has 4 rings (SSSR count). The lowest BCUT2D eigenvalue weighted by molar-refractivity contribution is 0.182. The predicted molar refractivity (Wildman–Crippen MR) is 101 cm³/mol. The van der Waals surface area contributed by atoms with Crippen molar-refractivity contribution < 1.29 is 22.5 Å². The van der Waals surface area contributed by atoms with Crippen molar-refractivity contribution in [3.63, 3.8) is 0 Å². The molecule has 5 nitrogen and oxygen atoms in total. The molecule has 0 saturated heterocycles. The monoisotopic (exact) mass is 401 g/mol.